The monoisotopic (exact) mass is 751 g/mol. The van der Waals surface area contributed by atoms with Crippen molar-refractivity contribution in [2.75, 3.05) is 9.80 Å². The van der Waals surface area contributed by atoms with Crippen molar-refractivity contribution in [2.24, 2.45) is 0 Å². The minimum atomic E-state index is -0.282. The molecule has 0 N–H and O–H groups in total. The maximum Gasteiger partial charge on any atom is 0.247 e. The van der Waals surface area contributed by atoms with E-state index in [1.165, 1.54) is 99.7 Å². The normalized spacial score (nSPS) is 14.3. The van der Waals surface area contributed by atoms with Gasteiger partial charge < -0.3 is 14.4 Å². The molecule has 0 atom stereocenters. The molecule has 276 valence electrons. The molecule has 10 aromatic rings. The van der Waals surface area contributed by atoms with Crippen molar-refractivity contribution in [3.8, 4) is 16.8 Å². The van der Waals surface area contributed by atoms with E-state index in [1.54, 1.807) is 0 Å². The third-order valence-electron chi connectivity index (χ3n) is 13.5. The smallest absolute Gasteiger partial charge is 0.247 e. The summed E-state index contributed by atoms with van der Waals surface area (Å²) in [6.07, 6.45) is 0. The number of benzene rings is 9. The molecule has 0 saturated heterocycles. The van der Waals surface area contributed by atoms with Crippen molar-refractivity contribution in [3.05, 3.63) is 205 Å². The standard InChI is InChI=1S/C55H38BN3/c1-55(2)43-28-17-31-48-54(43)56(45-33-51-52-40(26-16-27-41(52)53(45)55)38-24-12-14-29-46(38)58(51)36-20-8-4-9-21-36)44-32-42-39-25-13-15-30-47(39)57(35-18-6-3-7-19-35)49(42)34-50(44)59(48)37-22-10-5-11-23-37/h3-34H,1-2H3. The first-order valence-corrected chi connectivity index (χ1v) is 20.7. The minimum Gasteiger partial charge on any atom is -0.311 e. The molecule has 4 heterocycles. The average molecular weight is 752 g/mol. The number of fused-ring (bicyclic) bond motifs is 10. The topological polar surface area (TPSA) is 11.4 Å². The molecule has 0 amide bonds. The number of aromatic nitrogens is 1. The highest BCUT2D eigenvalue weighted by Crippen LogP contribution is 2.54. The quantitative estimate of drug-likeness (QED) is 0.167. The minimum absolute atomic E-state index is 0.00141. The first-order valence-electron chi connectivity index (χ1n) is 20.7. The molecule has 4 heteroatoms. The van der Waals surface area contributed by atoms with Crippen LogP contribution in [0.1, 0.15) is 25.0 Å². The summed E-state index contributed by atoms with van der Waals surface area (Å²) >= 11 is 0. The van der Waals surface area contributed by atoms with Crippen molar-refractivity contribution < 1.29 is 0 Å². The Morgan fingerprint density at radius 2 is 1.00 bits per heavy atom. The van der Waals surface area contributed by atoms with Crippen LogP contribution in [-0.4, -0.2) is 11.3 Å². The lowest BCUT2D eigenvalue weighted by atomic mass is 9.30. The van der Waals surface area contributed by atoms with Gasteiger partial charge in [-0.3, -0.25) is 0 Å². The predicted octanol–water partition coefficient (Wildman–Crippen LogP) is 12.3. The van der Waals surface area contributed by atoms with Crippen LogP contribution in [0.3, 0.4) is 0 Å². The van der Waals surface area contributed by atoms with E-state index >= 15 is 0 Å². The predicted molar refractivity (Wildman–Crippen MR) is 250 cm³/mol. The first-order chi connectivity index (χ1) is 29.1. The molecule has 0 aliphatic carbocycles. The van der Waals surface area contributed by atoms with E-state index in [-0.39, 0.29) is 12.1 Å². The summed E-state index contributed by atoms with van der Waals surface area (Å²) in [5.41, 5.74) is 20.1. The summed E-state index contributed by atoms with van der Waals surface area (Å²) < 4.78 is 2.45. The number of hydrogen-bond donors (Lipinski definition) is 0. The Morgan fingerprint density at radius 1 is 0.407 bits per heavy atom. The highest BCUT2D eigenvalue weighted by Gasteiger charge is 2.48. The van der Waals surface area contributed by atoms with Gasteiger partial charge in [-0.05, 0) is 99.7 Å². The second-order valence-corrected chi connectivity index (χ2v) is 16.9. The number of nitrogens with zero attached hydrogens (tertiary/aromatic N) is 3. The number of para-hydroxylation sites is 5. The lowest BCUT2D eigenvalue weighted by molar-refractivity contribution is 0.652. The highest BCUT2D eigenvalue weighted by molar-refractivity contribution is 6.99. The summed E-state index contributed by atoms with van der Waals surface area (Å²) in [6.45, 7) is 4.91. The Labute approximate surface area is 344 Å². The first kappa shape index (κ1) is 32.8. The molecule has 0 spiro atoms. The van der Waals surface area contributed by atoms with E-state index in [0.717, 1.165) is 11.4 Å². The second-order valence-electron chi connectivity index (χ2n) is 16.9. The van der Waals surface area contributed by atoms with E-state index < -0.39 is 0 Å². The zero-order valence-corrected chi connectivity index (χ0v) is 32.9. The van der Waals surface area contributed by atoms with Crippen molar-refractivity contribution in [3.63, 3.8) is 0 Å². The largest absolute Gasteiger partial charge is 0.311 e. The Balaban J connectivity index is 1.19. The molecule has 13 rings (SSSR count). The van der Waals surface area contributed by atoms with Gasteiger partial charge in [-0.2, -0.15) is 0 Å². The molecule has 3 aliphatic heterocycles. The van der Waals surface area contributed by atoms with E-state index in [4.69, 9.17) is 0 Å². The molecule has 0 fully saturated rings. The summed E-state index contributed by atoms with van der Waals surface area (Å²) in [6, 6.07) is 72.3. The van der Waals surface area contributed by atoms with Crippen molar-refractivity contribution in [1.29, 1.82) is 0 Å². The molecular formula is C55H38BN3. The van der Waals surface area contributed by atoms with Crippen molar-refractivity contribution >= 4 is 89.8 Å². The lowest BCUT2D eigenvalue weighted by Crippen LogP contribution is -2.64. The summed E-state index contributed by atoms with van der Waals surface area (Å²) in [4.78, 5) is 5.05. The van der Waals surface area contributed by atoms with Gasteiger partial charge in [-0.1, -0.05) is 147 Å². The second kappa shape index (κ2) is 11.9. The van der Waals surface area contributed by atoms with Gasteiger partial charge in [0.2, 0.25) is 6.71 Å². The molecule has 0 saturated carbocycles. The van der Waals surface area contributed by atoms with Crippen LogP contribution in [0.5, 0.6) is 0 Å². The van der Waals surface area contributed by atoms with Gasteiger partial charge in [0.1, 0.15) is 0 Å². The molecule has 3 nitrogen and oxygen atoms in total. The fraction of sp³-hybridized carbons (Fsp3) is 0.0545. The Morgan fingerprint density at radius 3 is 1.76 bits per heavy atom. The maximum absolute atomic E-state index is 2.58. The van der Waals surface area contributed by atoms with Gasteiger partial charge in [0.15, 0.2) is 0 Å². The van der Waals surface area contributed by atoms with Gasteiger partial charge in [0, 0.05) is 55.6 Å². The van der Waals surface area contributed by atoms with Gasteiger partial charge >= 0.3 is 0 Å². The van der Waals surface area contributed by atoms with E-state index in [2.05, 4.69) is 222 Å². The van der Waals surface area contributed by atoms with Crippen molar-refractivity contribution in [1.82, 2.24) is 4.57 Å². The molecular weight excluding hydrogens is 713 g/mol. The van der Waals surface area contributed by atoms with Crippen LogP contribution in [-0.2, 0) is 5.41 Å². The van der Waals surface area contributed by atoms with Crippen LogP contribution < -0.4 is 26.2 Å². The lowest BCUT2D eigenvalue weighted by Gasteiger charge is -2.46. The summed E-state index contributed by atoms with van der Waals surface area (Å²) in [5.74, 6) is 0. The van der Waals surface area contributed by atoms with Crippen molar-refractivity contribution in [2.45, 2.75) is 19.3 Å². The molecule has 0 radical (unpaired) electrons. The van der Waals surface area contributed by atoms with E-state index in [0.29, 0.717) is 0 Å². The Hall–Kier alpha value is -7.30. The molecule has 1 aromatic heterocycles. The SMILES string of the molecule is CC1(C)c2cccc3c2B(c2cc4c5ccccc5n(-c5ccccc5)c4cc2N3c2ccccc2)c2cc3c4c(cccc4c21)-c1ccccc1N3c1ccccc1. The van der Waals surface area contributed by atoms with Crippen LogP contribution in [0.25, 0.3) is 49.4 Å². The van der Waals surface area contributed by atoms with Gasteiger partial charge in [-0.25, -0.2) is 0 Å². The van der Waals surface area contributed by atoms with Gasteiger partial charge in [0.25, 0.3) is 0 Å². The third-order valence-corrected chi connectivity index (χ3v) is 13.5. The van der Waals surface area contributed by atoms with Crippen LogP contribution in [0, 0.1) is 0 Å². The Kier molecular flexibility index (Phi) is 6.59. The molecule has 9 aromatic carbocycles. The Bertz CT molecular complexity index is 3370. The van der Waals surface area contributed by atoms with E-state index in [9.17, 15) is 0 Å². The van der Waals surface area contributed by atoms with Gasteiger partial charge in [0.05, 0.1) is 22.4 Å². The van der Waals surface area contributed by atoms with Crippen LogP contribution in [0.15, 0.2) is 194 Å². The zero-order valence-electron chi connectivity index (χ0n) is 32.9. The number of rotatable bonds is 3. The van der Waals surface area contributed by atoms with Crippen LogP contribution in [0.4, 0.5) is 34.1 Å². The average Bonchev–Trinajstić information content (AvgIpc) is 3.61. The fourth-order valence-electron chi connectivity index (χ4n) is 11.2. The highest BCUT2D eigenvalue weighted by atomic mass is 15.2. The van der Waals surface area contributed by atoms with Gasteiger partial charge in [-0.15, -0.1) is 0 Å². The molecule has 0 unspecified atom stereocenters. The van der Waals surface area contributed by atoms with Crippen LogP contribution >= 0.6 is 0 Å². The third kappa shape index (κ3) is 4.33. The molecule has 59 heavy (non-hydrogen) atoms. The molecule has 0 bridgehead atoms. The van der Waals surface area contributed by atoms with E-state index in [1.807, 2.05) is 0 Å². The van der Waals surface area contributed by atoms with Crippen LogP contribution in [0.2, 0.25) is 0 Å². The zero-order chi connectivity index (χ0) is 39.0. The number of hydrogen-bond acceptors (Lipinski definition) is 2. The maximum atomic E-state index is 2.58. The fourth-order valence-corrected chi connectivity index (χ4v) is 11.2. The number of anilines is 6. The summed E-state index contributed by atoms with van der Waals surface area (Å²) in [7, 11) is 0. The summed E-state index contributed by atoms with van der Waals surface area (Å²) in [5, 5.41) is 5.19. The molecule has 3 aliphatic rings.